The molecule has 1 aliphatic rings. The summed E-state index contributed by atoms with van der Waals surface area (Å²) in [5, 5.41) is 5.83. The van der Waals surface area contributed by atoms with Crippen molar-refractivity contribution in [2.24, 2.45) is 0 Å². The first-order chi connectivity index (χ1) is 7.02. The quantitative estimate of drug-likeness (QED) is 0.639. The second-order valence-corrected chi connectivity index (χ2v) is 4.01. The second-order valence-electron chi connectivity index (χ2n) is 4.01. The molecule has 15 heavy (non-hydrogen) atoms. The fourth-order valence-corrected chi connectivity index (χ4v) is 1.78. The summed E-state index contributed by atoms with van der Waals surface area (Å²) in [4.78, 5) is 24.6. The Morgan fingerprint density at radius 1 is 1.53 bits per heavy atom. The summed E-state index contributed by atoms with van der Waals surface area (Å²) >= 11 is 0. The van der Waals surface area contributed by atoms with Gasteiger partial charge in [0.15, 0.2) is 0 Å². The summed E-state index contributed by atoms with van der Waals surface area (Å²) in [6.07, 6.45) is 0. The molecule has 0 aromatic rings. The summed E-state index contributed by atoms with van der Waals surface area (Å²) in [6, 6.07) is -0.231. The van der Waals surface area contributed by atoms with Crippen LogP contribution in [0.1, 0.15) is 20.8 Å². The van der Waals surface area contributed by atoms with Crippen LogP contribution in [-0.4, -0.2) is 48.4 Å². The number of nitrogens with zero attached hydrogens (tertiary/aromatic N) is 1. The lowest BCUT2D eigenvalue weighted by Gasteiger charge is -2.35. The van der Waals surface area contributed by atoms with E-state index in [4.69, 9.17) is 0 Å². The maximum absolute atomic E-state index is 11.9. The third kappa shape index (κ3) is 3.20. The van der Waals surface area contributed by atoms with Crippen molar-refractivity contribution in [3.05, 3.63) is 0 Å². The predicted molar refractivity (Wildman–Crippen MR) is 57.3 cm³/mol. The van der Waals surface area contributed by atoms with Gasteiger partial charge < -0.3 is 15.5 Å². The van der Waals surface area contributed by atoms with Gasteiger partial charge in [0.05, 0.1) is 0 Å². The van der Waals surface area contributed by atoms with Crippen LogP contribution in [0.3, 0.4) is 0 Å². The van der Waals surface area contributed by atoms with Crippen LogP contribution in [0, 0.1) is 0 Å². The van der Waals surface area contributed by atoms with Crippen molar-refractivity contribution in [1.82, 2.24) is 15.5 Å². The Balaban J connectivity index is 2.54. The molecule has 0 saturated carbocycles. The number of hydrogen-bond acceptors (Lipinski definition) is 3. The van der Waals surface area contributed by atoms with Crippen LogP contribution in [0.4, 0.5) is 0 Å². The Hall–Kier alpha value is -1.10. The summed E-state index contributed by atoms with van der Waals surface area (Å²) in [7, 11) is 0. The average molecular weight is 213 g/mol. The van der Waals surface area contributed by atoms with Gasteiger partial charge in [0.25, 0.3) is 0 Å². The lowest BCUT2D eigenvalue weighted by atomic mass is 10.2. The van der Waals surface area contributed by atoms with Crippen LogP contribution in [-0.2, 0) is 9.59 Å². The fraction of sp³-hybridized carbons (Fsp3) is 0.800. The lowest BCUT2D eigenvalue weighted by molar-refractivity contribution is -0.138. The molecule has 1 aliphatic heterocycles. The standard InChI is InChI=1S/C10H19N3O2/c1-7-6-11-4-5-13(7)10(15)8(2)12-9(3)14/h7-8,11H,4-6H2,1-3H3,(H,12,14)/t7-,8?/m0/s1. The Morgan fingerprint density at radius 2 is 2.20 bits per heavy atom. The van der Waals surface area contributed by atoms with Crippen LogP contribution in [0.25, 0.3) is 0 Å². The molecular weight excluding hydrogens is 194 g/mol. The molecule has 5 heteroatoms. The van der Waals surface area contributed by atoms with Gasteiger partial charge in [0, 0.05) is 32.6 Å². The van der Waals surface area contributed by atoms with Gasteiger partial charge in [0.1, 0.15) is 6.04 Å². The number of rotatable bonds is 2. The highest BCUT2D eigenvalue weighted by Gasteiger charge is 2.26. The first-order valence-corrected chi connectivity index (χ1v) is 5.30. The van der Waals surface area contributed by atoms with Gasteiger partial charge in [-0.3, -0.25) is 9.59 Å². The van der Waals surface area contributed by atoms with E-state index < -0.39 is 6.04 Å². The van der Waals surface area contributed by atoms with E-state index in [-0.39, 0.29) is 17.9 Å². The van der Waals surface area contributed by atoms with Crippen molar-refractivity contribution in [1.29, 1.82) is 0 Å². The average Bonchev–Trinajstić information content (AvgIpc) is 2.16. The van der Waals surface area contributed by atoms with Gasteiger partial charge in [-0.1, -0.05) is 0 Å². The minimum absolute atomic E-state index is 0.000741. The smallest absolute Gasteiger partial charge is 0.245 e. The van der Waals surface area contributed by atoms with Crippen molar-refractivity contribution < 1.29 is 9.59 Å². The molecule has 86 valence electrons. The van der Waals surface area contributed by atoms with E-state index >= 15 is 0 Å². The highest BCUT2D eigenvalue weighted by Crippen LogP contribution is 2.04. The van der Waals surface area contributed by atoms with Crippen LogP contribution < -0.4 is 10.6 Å². The molecule has 1 rings (SSSR count). The van der Waals surface area contributed by atoms with E-state index in [9.17, 15) is 9.59 Å². The normalized spacial score (nSPS) is 23.4. The maximum atomic E-state index is 11.9. The van der Waals surface area contributed by atoms with Crippen LogP contribution in [0.15, 0.2) is 0 Å². The largest absolute Gasteiger partial charge is 0.345 e. The molecule has 0 aliphatic carbocycles. The number of carbonyl (C=O) groups excluding carboxylic acids is 2. The van der Waals surface area contributed by atoms with E-state index in [1.807, 2.05) is 11.8 Å². The van der Waals surface area contributed by atoms with E-state index in [0.29, 0.717) is 6.54 Å². The molecule has 0 spiro atoms. The predicted octanol–water partition coefficient (Wildman–Crippen LogP) is -0.669. The van der Waals surface area contributed by atoms with Gasteiger partial charge in [-0.25, -0.2) is 0 Å². The van der Waals surface area contributed by atoms with Crippen molar-refractivity contribution in [3.8, 4) is 0 Å². The Morgan fingerprint density at radius 3 is 2.73 bits per heavy atom. The molecule has 1 fully saturated rings. The molecule has 0 bridgehead atoms. The number of carbonyl (C=O) groups is 2. The summed E-state index contributed by atoms with van der Waals surface area (Å²) in [5.74, 6) is -0.169. The van der Waals surface area contributed by atoms with Gasteiger partial charge in [0.2, 0.25) is 11.8 Å². The zero-order chi connectivity index (χ0) is 11.4. The fourth-order valence-electron chi connectivity index (χ4n) is 1.78. The molecule has 1 unspecified atom stereocenters. The molecule has 2 atom stereocenters. The topological polar surface area (TPSA) is 61.4 Å². The third-order valence-corrected chi connectivity index (χ3v) is 2.57. The molecule has 0 aromatic heterocycles. The molecular formula is C10H19N3O2. The van der Waals surface area contributed by atoms with Gasteiger partial charge in [-0.05, 0) is 13.8 Å². The maximum Gasteiger partial charge on any atom is 0.245 e. The van der Waals surface area contributed by atoms with Crippen LogP contribution in [0.2, 0.25) is 0 Å². The summed E-state index contributed by atoms with van der Waals surface area (Å²) < 4.78 is 0. The Labute approximate surface area is 90.2 Å². The third-order valence-electron chi connectivity index (χ3n) is 2.57. The molecule has 1 saturated heterocycles. The van der Waals surface area contributed by atoms with Crippen molar-refractivity contribution in [2.45, 2.75) is 32.9 Å². The van der Waals surface area contributed by atoms with E-state index in [1.54, 1.807) is 6.92 Å². The minimum Gasteiger partial charge on any atom is -0.345 e. The lowest BCUT2D eigenvalue weighted by Crippen LogP contribution is -2.57. The summed E-state index contributed by atoms with van der Waals surface area (Å²) in [5.41, 5.74) is 0. The molecule has 1 heterocycles. The molecule has 5 nitrogen and oxygen atoms in total. The monoisotopic (exact) mass is 213 g/mol. The zero-order valence-electron chi connectivity index (χ0n) is 9.54. The highest BCUT2D eigenvalue weighted by molar-refractivity contribution is 5.86. The SMILES string of the molecule is CC(=O)NC(C)C(=O)N1CCNC[C@@H]1C. The number of nitrogens with one attached hydrogen (secondary N) is 2. The number of hydrogen-bond donors (Lipinski definition) is 2. The van der Waals surface area contributed by atoms with Crippen LogP contribution >= 0.6 is 0 Å². The van der Waals surface area contributed by atoms with Crippen molar-refractivity contribution in [2.75, 3.05) is 19.6 Å². The van der Waals surface area contributed by atoms with Crippen molar-refractivity contribution in [3.63, 3.8) is 0 Å². The second kappa shape index (κ2) is 5.11. The molecule has 0 aromatic carbocycles. The molecule has 0 radical (unpaired) electrons. The van der Waals surface area contributed by atoms with Crippen LogP contribution in [0.5, 0.6) is 0 Å². The van der Waals surface area contributed by atoms with Gasteiger partial charge in [-0.15, -0.1) is 0 Å². The minimum atomic E-state index is -0.428. The molecule has 2 amide bonds. The zero-order valence-corrected chi connectivity index (χ0v) is 9.54. The number of amides is 2. The van der Waals surface area contributed by atoms with Gasteiger partial charge in [-0.2, -0.15) is 0 Å². The van der Waals surface area contributed by atoms with E-state index in [2.05, 4.69) is 10.6 Å². The van der Waals surface area contributed by atoms with Crippen molar-refractivity contribution >= 4 is 11.8 Å². The first-order valence-electron chi connectivity index (χ1n) is 5.30. The van der Waals surface area contributed by atoms with E-state index in [0.717, 1.165) is 13.1 Å². The Kier molecular flexibility index (Phi) is 4.08. The highest BCUT2D eigenvalue weighted by atomic mass is 16.2. The van der Waals surface area contributed by atoms with Gasteiger partial charge >= 0.3 is 0 Å². The summed E-state index contributed by atoms with van der Waals surface area (Å²) in [6.45, 7) is 7.50. The van der Waals surface area contributed by atoms with E-state index in [1.165, 1.54) is 6.92 Å². The first kappa shape index (κ1) is 12.0. The number of piperazine rings is 1. The molecule has 2 N–H and O–H groups in total. The Bertz CT molecular complexity index is 255.